The first-order valence-corrected chi connectivity index (χ1v) is 6.33. The minimum absolute atomic E-state index is 0.0102. The fourth-order valence-electron chi connectivity index (χ4n) is 1.71. The number of rotatable bonds is 3. The lowest BCUT2D eigenvalue weighted by molar-refractivity contribution is 0.320. The van der Waals surface area contributed by atoms with Gasteiger partial charge in [0.2, 0.25) is 0 Å². The smallest absolute Gasteiger partial charge is 0.444 e. The molecule has 106 valence electrons. The van der Waals surface area contributed by atoms with Crippen LogP contribution in [0.25, 0.3) is 5.69 Å². The number of aromatic hydroxyl groups is 1. The highest BCUT2D eigenvalue weighted by molar-refractivity contribution is 6.32. The zero-order valence-corrected chi connectivity index (χ0v) is 11.3. The lowest BCUT2D eigenvalue weighted by Crippen LogP contribution is -2.13. The van der Waals surface area contributed by atoms with Gasteiger partial charge in [-0.05, 0) is 24.3 Å². The van der Waals surface area contributed by atoms with Gasteiger partial charge < -0.3 is 14.3 Å². The number of benzene rings is 2. The number of hydrogen-bond donors (Lipinski definition) is 1. The summed E-state index contributed by atoms with van der Waals surface area (Å²) in [6, 6.07) is 12.8. The highest BCUT2D eigenvalue weighted by Gasteiger charge is 2.13. The number of phenolic OH excluding ortho intramolecular Hbond substituents is 1. The van der Waals surface area contributed by atoms with Crippen molar-refractivity contribution >= 4 is 11.6 Å². The van der Waals surface area contributed by atoms with Gasteiger partial charge in [-0.1, -0.05) is 34.9 Å². The Labute approximate surface area is 123 Å². The van der Waals surface area contributed by atoms with Gasteiger partial charge in [-0.3, -0.25) is 0 Å². The molecule has 0 aliphatic heterocycles. The van der Waals surface area contributed by atoms with Gasteiger partial charge in [0.15, 0.2) is 5.75 Å². The van der Waals surface area contributed by atoms with Crippen molar-refractivity contribution < 1.29 is 14.3 Å². The Morgan fingerprint density at radius 2 is 2.00 bits per heavy atom. The summed E-state index contributed by atoms with van der Waals surface area (Å²) in [4.78, 5) is 11.8. The molecule has 0 atom stereocenters. The minimum atomic E-state index is -0.734. The molecule has 0 aliphatic rings. The zero-order valence-electron chi connectivity index (χ0n) is 10.6. The number of phenols is 1. The van der Waals surface area contributed by atoms with Crippen molar-refractivity contribution in [2.75, 3.05) is 0 Å². The molecule has 1 N–H and O–H groups in total. The van der Waals surface area contributed by atoms with Crippen molar-refractivity contribution in [2.24, 2.45) is 0 Å². The van der Waals surface area contributed by atoms with E-state index in [2.05, 4.69) is 5.10 Å². The number of para-hydroxylation sites is 1. The molecule has 0 saturated carbocycles. The third kappa shape index (κ3) is 2.75. The van der Waals surface area contributed by atoms with E-state index in [1.54, 1.807) is 36.4 Å². The first kappa shape index (κ1) is 13.3. The molecule has 1 aromatic heterocycles. The molecular weight excluding hydrogens is 296 g/mol. The molecule has 0 saturated heterocycles. The maximum Gasteiger partial charge on any atom is 0.444 e. The molecule has 0 aliphatic carbocycles. The fourth-order valence-corrected chi connectivity index (χ4v) is 1.89. The maximum atomic E-state index is 11.8. The fraction of sp³-hybridized carbons (Fsp3) is 0. The van der Waals surface area contributed by atoms with Crippen LogP contribution >= 0.6 is 11.6 Å². The predicted molar refractivity (Wildman–Crippen MR) is 75.3 cm³/mol. The van der Waals surface area contributed by atoms with E-state index in [4.69, 9.17) is 20.8 Å². The predicted octanol–water partition coefficient (Wildman–Crippen LogP) is 2.98. The molecule has 0 fully saturated rings. The topological polar surface area (TPSA) is 77.5 Å². The molecule has 0 unspecified atom stereocenters. The van der Waals surface area contributed by atoms with Crippen LogP contribution in [0.3, 0.4) is 0 Å². The van der Waals surface area contributed by atoms with E-state index in [-0.39, 0.29) is 11.8 Å². The normalized spacial score (nSPS) is 10.5. The molecule has 21 heavy (non-hydrogen) atoms. The van der Waals surface area contributed by atoms with E-state index in [0.29, 0.717) is 16.5 Å². The van der Waals surface area contributed by atoms with Crippen LogP contribution in [0.15, 0.2) is 57.7 Å². The Bertz CT molecular complexity index is 841. The molecular formula is C14H9ClN2O4. The summed E-state index contributed by atoms with van der Waals surface area (Å²) >= 11 is 5.95. The van der Waals surface area contributed by atoms with Crippen LogP contribution in [0.1, 0.15) is 0 Å². The van der Waals surface area contributed by atoms with Crippen LogP contribution < -0.4 is 10.5 Å². The van der Waals surface area contributed by atoms with Crippen LogP contribution in [0.2, 0.25) is 5.02 Å². The van der Waals surface area contributed by atoms with Crippen molar-refractivity contribution in [1.29, 1.82) is 0 Å². The second-order valence-electron chi connectivity index (χ2n) is 4.10. The second kappa shape index (κ2) is 5.34. The van der Waals surface area contributed by atoms with Gasteiger partial charge in [0.25, 0.3) is 0 Å². The molecule has 3 aromatic rings. The monoisotopic (exact) mass is 304 g/mol. The highest BCUT2D eigenvalue weighted by atomic mass is 35.5. The molecule has 3 rings (SSSR count). The molecule has 0 bridgehead atoms. The van der Waals surface area contributed by atoms with Crippen LogP contribution in [0, 0.1) is 0 Å². The summed E-state index contributed by atoms with van der Waals surface area (Å²) in [6.45, 7) is 0. The Morgan fingerprint density at radius 3 is 2.76 bits per heavy atom. The second-order valence-corrected chi connectivity index (χ2v) is 4.51. The largest absolute Gasteiger partial charge is 0.508 e. The van der Waals surface area contributed by atoms with E-state index < -0.39 is 5.76 Å². The molecule has 0 radical (unpaired) electrons. The van der Waals surface area contributed by atoms with Crippen LogP contribution in [-0.2, 0) is 0 Å². The number of ether oxygens (including phenoxy) is 1. The highest BCUT2D eigenvalue weighted by Crippen LogP contribution is 2.27. The van der Waals surface area contributed by atoms with Crippen LogP contribution in [0.4, 0.5) is 0 Å². The van der Waals surface area contributed by atoms with E-state index in [9.17, 15) is 9.90 Å². The third-order valence-corrected chi connectivity index (χ3v) is 2.95. The van der Waals surface area contributed by atoms with Gasteiger partial charge in [-0.25, -0.2) is 4.79 Å². The summed E-state index contributed by atoms with van der Waals surface area (Å²) in [7, 11) is 0. The molecule has 1 heterocycles. The Kier molecular flexibility index (Phi) is 3.37. The van der Waals surface area contributed by atoms with E-state index in [1.807, 2.05) is 0 Å². The Morgan fingerprint density at radius 1 is 1.19 bits per heavy atom. The maximum absolute atomic E-state index is 11.8. The molecule has 2 aromatic carbocycles. The van der Waals surface area contributed by atoms with Crippen molar-refractivity contribution in [1.82, 2.24) is 9.78 Å². The number of hydrogen-bond acceptors (Lipinski definition) is 5. The summed E-state index contributed by atoms with van der Waals surface area (Å²) in [5.41, 5.74) is 0.359. The standard InChI is InChI=1S/C14H9ClN2O4/c15-11-6-1-2-7-12(11)20-13-16-17(14(19)21-13)9-4-3-5-10(18)8-9/h1-8,18H. The van der Waals surface area contributed by atoms with Gasteiger partial charge in [0.05, 0.1) is 10.7 Å². The summed E-state index contributed by atoms with van der Waals surface area (Å²) in [5.74, 6) is -0.401. The summed E-state index contributed by atoms with van der Waals surface area (Å²) in [5, 5.41) is 13.7. The Hall–Kier alpha value is -2.73. The number of nitrogens with zero attached hydrogens (tertiary/aromatic N) is 2. The summed E-state index contributed by atoms with van der Waals surface area (Å²) < 4.78 is 11.2. The molecule has 0 spiro atoms. The van der Waals surface area contributed by atoms with E-state index in [0.717, 1.165) is 4.68 Å². The molecule has 6 nitrogen and oxygen atoms in total. The zero-order chi connectivity index (χ0) is 14.8. The lowest BCUT2D eigenvalue weighted by Gasteiger charge is -2.01. The lowest BCUT2D eigenvalue weighted by atomic mass is 10.3. The van der Waals surface area contributed by atoms with Gasteiger partial charge in [0, 0.05) is 6.07 Å². The minimum Gasteiger partial charge on any atom is -0.508 e. The van der Waals surface area contributed by atoms with Crippen molar-refractivity contribution in [3.63, 3.8) is 0 Å². The molecule has 7 heteroatoms. The number of aromatic nitrogens is 2. The van der Waals surface area contributed by atoms with Gasteiger partial charge in [-0.15, -0.1) is 0 Å². The van der Waals surface area contributed by atoms with E-state index in [1.165, 1.54) is 12.1 Å². The van der Waals surface area contributed by atoms with Crippen LogP contribution in [-0.4, -0.2) is 14.9 Å². The quantitative estimate of drug-likeness (QED) is 0.805. The number of halogens is 1. The van der Waals surface area contributed by atoms with Gasteiger partial charge in [-0.2, -0.15) is 4.68 Å². The van der Waals surface area contributed by atoms with Crippen molar-refractivity contribution in [2.45, 2.75) is 0 Å². The molecule has 0 amide bonds. The summed E-state index contributed by atoms with van der Waals surface area (Å²) in [6.07, 6.45) is -0.239. The van der Waals surface area contributed by atoms with Gasteiger partial charge >= 0.3 is 11.8 Å². The Balaban J connectivity index is 1.95. The van der Waals surface area contributed by atoms with E-state index >= 15 is 0 Å². The van der Waals surface area contributed by atoms with Crippen molar-refractivity contribution in [3.05, 3.63) is 64.1 Å². The van der Waals surface area contributed by atoms with Crippen molar-refractivity contribution in [3.8, 4) is 23.3 Å². The third-order valence-electron chi connectivity index (χ3n) is 2.64. The van der Waals surface area contributed by atoms with Crippen LogP contribution in [0.5, 0.6) is 17.6 Å². The first-order chi connectivity index (χ1) is 10.1. The first-order valence-electron chi connectivity index (χ1n) is 5.95. The average molecular weight is 305 g/mol. The SMILES string of the molecule is O=c1oc(Oc2ccccc2Cl)nn1-c1cccc(O)c1. The average Bonchev–Trinajstić information content (AvgIpc) is 2.82. The van der Waals surface area contributed by atoms with Gasteiger partial charge in [0.1, 0.15) is 5.75 Å².